The second-order valence-corrected chi connectivity index (χ2v) is 14.5. The topological polar surface area (TPSA) is 121 Å². The van der Waals surface area contributed by atoms with E-state index in [0.717, 1.165) is 22.9 Å². The zero-order valence-electron chi connectivity index (χ0n) is 29.9. The van der Waals surface area contributed by atoms with Gasteiger partial charge in [-0.1, -0.05) is 115 Å². The zero-order valence-corrected chi connectivity index (χ0v) is 29.9. The van der Waals surface area contributed by atoms with Crippen molar-refractivity contribution in [3.63, 3.8) is 0 Å². The average molecular weight is 719 g/mol. The van der Waals surface area contributed by atoms with Crippen LogP contribution in [0.2, 0.25) is 0 Å². The van der Waals surface area contributed by atoms with Crippen molar-refractivity contribution in [1.29, 1.82) is 0 Å². The monoisotopic (exact) mass is 718 g/mol. The molecule has 1 aliphatic rings. The van der Waals surface area contributed by atoms with Gasteiger partial charge in [-0.15, -0.1) is 0 Å². The highest BCUT2D eigenvalue weighted by Crippen LogP contribution is 2.59. The Kier molecular flexibility index (Phi) is 6.88. The van der Waals surface area contributed by atoms with Gasteiger partial charge in [-0.05, 0) is 92.4 Å². The zero-order chi connectivity index (χ0) is 37.9. The van der Waals surface area contributed by atoms with Crippen LogP contribution in [0.1, 0.15) is 22.3 Å². The summed E-state index contributed by atoms with van der Waals surface area (Å²) < 4.78 is 0. The van der Waals surface area contributed by atoms with E-state index in [-0.39, 0.29) is 49.7 Å². The van der Waals surface area contributed by atoms with Crippen molar-refractivity contribution in [2.24, 2.45) is 0 Å². The molecule has 9 aromatic rings. The second kappa shape index (κ2) is 11.7. The van der Waals surface area contributed by atoms with Crippen LogP contribution in [-0.4, -0.2) is 30.6 Å². The lowest BCUT2D eigenvalue weighted by atomic mass is 9.82. The van der Waals surface area contributed by atoms with Gasteiger partial charge in [0.1, 0.15) is 11.5 Å². The lowest BCUT2D eigenvalue weighted by Gasteiger charge is -2.23. The molecule has 266 valence electrons. The molecule has 9 aromatic carbocycles. The molecule has 0 amide bonds. The molecule has 10 rings (SSSR count). The SMILES string of the molecule is Cc1c(O)c(O)c2c(-c3ccccc3)c3c(O)c(O)c(C)c(O)c3c(-c3ccc(-c4cc5c(c6ccccc46)-c4c(ccc6ccccc46)C5)cc3)c2c1O. The predicted octanol–water partition coefficient (Wildman–Crippen LogP) is 11.7. The number of rotatable bonds is 3. The Hall–Kier alpha value is -7.18. The molecule has 0 saturated heterocycles. The summed E-state index contributed by atoms with van der Waals surface area (Å²) in [4.78, 5) is 0. The molecule has 0 saturated carbocycles. The van der Waals surface area contributed by atoms with Crippen molar-refractivity contribution in [3.05, 3.63) is 144 Å². The van der Waals surface area contributed by atoms with Crippen LogP contribution in [0, 0.1) is 13.8 Å². The largest absolute Gasteiger partial charge is 0.507 e. The second-order valence-electron chi connectivity index (χ2n) is 14.5. The Morgan fingerprint density at radius 3 is 1.45 bits per heavy atom. The Labute approximate surface area is 315 Å². The van der Waals surface area contributed by atoms with Crippen molar-refractivity contribution >= 4 is 43.1 Å². The summed E-state index contributed by atoms with van der Waals surface area (Å²) in [6, 6.07) is 40.4. The molecular weight excluding hydrogens is 685 g/mol. The molecule has 6 heteroatoms. The fourth-order valence-electron chi connectivity index (χ4n) is 8.96. The molecule has 0 unspecified atom stereocenters. The van der Waals surface area contributed by atoms with Crippen LogP contribution >= 0.6 is 0 Å². The normalized spacial score (nSPS) is 12.2. The molecular formula is C49H34O6. The number of benzene rings is 9. The predicted molar refractivity (Wildman–Crippen MR) is 220 cm³/mol. The molecule has 0 radical (unpaired) electrons. The fraction of sp³-hybridized carbons (Fsp3) is 0.0612. The Morgan fingerprint density at radius 1 is 0.364 bits per heavy atom. The van der Waals surface area contributed by atoms with E-state index >= 15 is 0 Å². The highest BCUT2D eigenvalue weighted by molar-refractivity contribution is 6.28. The van der Waals surface area contributed by atoms with Crippen LogP contribution in [0.3, 0.4) is 0 Å². The van der Waals surface area contributed by atoms with Gasteiger partial charge in [0.05, 0.1) is 0 Å². The van der Waals surface area contributed by atoms with E-state index in [1.54, 1.807) is 24.3 Å². The van der Waals surface area contributed by atoms with Crippen LogP contribution < -0.4 is 0 Å². The van der Waals surface area contributed by atoms with Crippen LogP contribution in [0.5, 0.6) is 34.5 Å². The van der Waals surface area contributed by atoms with Gasteiger partial charge in [0.15, 0.2) is 23.0 Å². The van der Waals surface area contributed by atoms with Crippen molar-refractivity contribution < 1.29 is 30.6 Å². The number of phenols is 6. The quantitative estimate of drug-likeness (QED) is 0.0614. The van der Waals surface area contributed by atoms with E-state index in [1.807, 2.05) is 30.3 Å². The number of hydrogen-bond acceptors (Lipinski definition) is 6. The number of fused-ring (bicyclic) bond motifs is 9. The molecule has 0 aliphatic heterocycles. The van der Waals surface area contributed by atoms with Gasteiger partial charge >= 0.3 is 0 Å². The lowest BCUT2D eigenvalue weighted by molar-refractivity contribution is 0.397. The van der Waals surface area contributed by atoms with E-state index in [2.05, 4.69) is 66.7 Å². The van der Waals surface area contributed by atoms with Gasteiger partial charge in [-0.2, -0.15) is 0 Å². The summed E-state index contributed by atoms with van der Waals surface area (Å²) >= 11 is 0. The third-order valence-corrected chi connectivity index (χ3v) is 11.6. The van der Waals surface area contributed by atoms with Crippen molar-refractivity contribution in [2.45, 2.75) is 20.3 Å². The molecule has 6 nitrogen and oxygen atoms in total. The highest BCUT2D eigenvalue weighted by atomic mass is 16.3. The molecule has 0 bridgehead atoms. The van der Waals surface area contributed by atoms with Crippen molar-refractivity contribution in [2.75, 3.05) is 0 Å². The van der Waals surface area contributed by atoms with Gasteiger partial charge < -0.3 is 30.6 Å². The Bertz CT molecular complexity index is 3050. The number of phenolic OH excluding ortho intramolecular Hbond substituents is 6. The Morgan fingerprint density at radius 2 is 0.836 bits per heavy atom. The smallest absolute Gasteiger partial charge is 0.166 e. The lowest BCUT2D eigenvalue weighted by Crippen LogP contribution is -1.96. The van der Waals surface area contributed by atoms with Crippen LogP contribution in [0.4, 0.5) is 0 Å². The number of hydrogen-bond donors (Lipinski definition) is 6. The van der Waals surface area contributed by atoms with Crippen molar-refractivity contribution in [3.8, 4) is 79.0 Å². The molecule has 0 atom stereocenters. The number of aromatic hydroxyl groups is 6. The molecule has 0 spiro atoms. The standard InChI is InChI=1S/C49H34O6/c1-24-44(50)40-39(41-43(49(55)47(53)25(2)45(41)51)38(28-11-4-3-5-12-28)42(40)48(54)46(24)52)29-19-16-27(17-20-29)35-23-31-22-30-21-18-26-10-6-7-13-32(26)36(30)37(31)34-15-9-8-14-33(34)35/h3-21,23,50-55H,22H2,1-2H3. The average Bonchev–Trinajstić information content (AvgIpc) is 3.62. The van der Waals surface area contributed by atoms with Gasteiger partial charge in [0.25, 0.3) is 0 Å². The van der Waals surface area contributed by atoms with E-state index in [4.69, 9.17) is 0 Å². The Balaban J connectivity index is 1.25. The van der Waals surface area contributed by atoms with Gasteiger partial charge in [-0.3, -0.25) is 0 Å². The maximum Gasteiger partial charge on any atom is 0.166 e. The molecule has 6 N–H and O–H groups in total. The van der Waals surface area contributed by atoms with Gasteiger partial charge in [-0.25, -0.2) is 0 Å². The first-order valence-corrected chi connectivity index (χ1v) is 18.2. The van der Waals surface area contributed by atoms with E-state index in [0.29, 0.717) is 16.7 Å². The maximum absolute atomic E-state index is 11.8. The summed E-state index contributed by atoms with van der Waals surface area (Å²) in [7, 11) is 0. The van der Waals surface area contributed by atoms with Gasteiger partial charge in [0.2, 0.25) is 0 Å². The van der Waals surface area contributed by atoms with Crippen LogP contribution in [-0.2, 0) is 6.42 Å². The first-order chi connectivity index (χ1) is 26.7. The van der Waals surface area contributed by atoms with Gasteiger partial charge in [0, 0.05) is 43.8 Å². The van der Waals surface area contributed by atoms with E-state index in [9.17, 15) is 30.6 Å². The summed E-state index contributed by atoms with van der Waals surface area (Å²) in [5, 5.41) is 74.3. The third kappa shape index (κ3) is 4.42. The fourth-order valence-corrected chi connectivity index (χ4v) is 8.96. The van der Waals surface area contributed by atoms with Crippen LogP contribution in [0.15, 0.2) is 121 Å². The van der Waals surface area contributed by atoms with Crippen molar-refractivity contribution in [1.82, 2.24) is 0 Å². The van der Waals surface area contributed by atoms with Crippen LogP contribution in [0.25, 0.3) is 87.6 Å². The minimum atomic E-state index is -0.512. The summed E-state index contributed by atoms with van der Waals surface area (Å²) in [5.41, 5.74) is 8.89. The molecule has 0 heterocycles. The first-order valence-electron chi connectivity index (χ1n) is 18.2. The molecule has 0 fully saturated rings. The molecule has 1 aliphatic carbocycles. The summed E-state index contributed by atoms with van der Waals surface area (Å²) in [6.07, 6.45) is 0.821. The first kappa shape index (κ1) is 32.5. The minimum absolute atomic E-state index is 0.0545. The van der Waals surface area contributed by atoms with E-state index < -0.39 is 23.0 Å². The molecule has 55 heavy (non-hydrogen) atoms. The van der Waals surface area contributed by atoms with E-state index in [1.165, 1.54) is 52.3 Å². The summed E-state index contributed by atoms with van der Waals surface area (Å²) in [5.74, 6) is -2.60. The summed E-state index contributed by atoms with van der Waals surface area (Å²) in [6.45, 7) is 3.01. The third-order valence-electron chi connectivity index (χ3n) is 11.6. The minimum Gasteiger partial charge on any atom is -0.507 e. The molecule has 0 aromatic heterocycles. The highest BCUT2D eigenvalue weighted by Gasteiger charge is 2.31. The maximum atomic E-state index is 11.8.